The molecule has 1 N–H and O–H groups in total. The molecule has 0 aliphatic rings. The lowest BCUT2D eigenvalue weighted by Gasteiger charge is -2.11. The minimum atomic E-state index is -4.76. The van der Waals surface area contributed by atoms with E-state index in [-0.39, 0.29) is 5.56 Å². The molecular weight excluding hydrogens is 253 g/mol. The number of aliphatic hydroxyl groups is 1. The first-order valence-corrected chi connectivity index (χ1v) is 4.67. The molecule has 0 saturated heterocycles. The Balaban J connectivity index is 3.32. The predicted octanol–water partition coefficient (Wildman–Crippen LogP) is 2.56. The molecule has 5 nitrogen and oxygen atoms in total. The lowest BCUT2D eigenvalue weighted by molar-refractivity contribution is -0.385. The summed E-state index contributed by atoms with van der Waals surface area (Å²) in [5, 5.41) is 28.2. The van der Waals surface area contributed by atoms with Gasteiger partial charge in [-0.05, 0) is 11.6 Å². The molecule has 0 aliphatic carbocycles. The molecule has 0 aliphatic heterocycles. The van der Waals surface area contributed by atoms with Crippen LogP contribution in [0.5, 0.6) is 0 Å². The number of nitro groups is 1. The number of non-ortho nitro benzene ring substituents is 1. The standard InChI is InChI=1S/C10H7F3N2O3/c11-10(12,13)7-3-6(9(16)1-2-14)4-8(5-7)15(17)18/h3-5,9,16H,1H2. The zero-order valence-corrected chi connectivity index (χ0v) is 8.81. The van der Waals surface area contributed by atoms with Crippen molar-refractivity contribution in [2.45, 2.75) is 18.7 Å². The van der Waals surface area contributed by atoms with Gasteiger partial charge in [0.25, 0.3) is 5.69 Å². The van der Waals surface area contributed by atoms with Gasteiger partial charge >= 0.3 is 6.18 Å². The monoisotopic (exact) mass is 260 g/mol. The number of hydrogen-bond acceptors (Lipinski definition) is 4. The van der Waals surface area contributed by atoms with E-state index in [9.17, 15) is 28.4 Å². The maximum atomic E-state index is 12.5. The Hall–Kier alpha value is -2.14. The molecule has 18 heavy (non-hydrogen) atoms. The molecule has 1 atom stereocenters. The summed E-state index contributed by atoms with van der Waals surface area (Å²) in [6, 6.07) is 3.36. The van der Waals surface area contributed by atoms with E-state index in [4.69, 9.17) is 5.26 Å². The van der Waals surface area contributed by atoms with E-state index in [1.54, 1.807) is 6.07 Å². The van der Waals surface area contributed by atoms with E-state index in [1.807, 2.05) is 0 Å². The number of alkyl halides is 3. The molecule has 0 amide bonds. The third kappa shape index (κ3) is 3.18. The average molecular weight is 260 g/mol. The molecule has 0 radical (unpaired) electrons. The molecule has 96 valence electrons. The number of benzene rings is 1. The summed E-state index contributed by atoms with van der Waals surface area (Å²) in [5.74, 6) is 0. The highest BCUT2D eigenvalue weighted by Gasteiger charge is 2.33. The van der Waals surface area contributed by atoms with E-state index in [0.717, 1.165) is 6.07 Å². The predicted molar refractivity (Wildman–Crippen MR) is 53.3 cm³/mol. The summed E-state index contributed by atoms with van der Waals surface area (Å²) >= 11 is 0. The summed E-state index contributed by atoms with van der Waals surface area (Å²) in [4.78, 5) is 9.52. The number of hydrogen-bond donors (Lipinski definition) is 1. The fourth-order valence-corrected chi connectivity index (χ4v) is 1.30. The maximum absolute atomic E-state index is 12.5. The van der Waals surface area contributed by atoms with Crippen LogP contribution in [0.3, 0.4) is 0 Å². The fraction of sp³-hybridized carbons (Fsp3) is 0.300. The van der Waals surface area contributed by atoms with Gasteiger partial charge in [-0.3, -0.25) is 10.1 Å². The quantitative estimate of drug-likeness (QED) is 0.668. The number of halogens is 3. The molecule has 0 bridgehead atoms. The molecule has 0 saturated carbocycles. The second-order valence-corrected chi connectivity index (χ2v) is 3.45. The van der Waals surface area contributed by atoms with Crippen molar-refractivity contribution >= 4 is 5.69 Å². The number of aliphatic hydroxyl groups excluding tert-OH is 1. The number of nitro benzene ring substituents is 1. The zero-order valence-electron chi connectivity index (χ0n) is 8.81. The highest BCUT2D eigenvalue weighted by molar-refractivity contribution is 5.41. The number of rotatable bonds is 3. The van der Waals surface area contributed by atoms with Crippen LogP contribution in [0.15, 0.2) is 18.2 Å². The topological polar surface area (TPSA) is 87.2 Å². The van der Waals surface area contributed by atoms with E-state index in [1.165, 1.54) is 0 Å². The van der Waals surface area contributed by atoms with Crippen LogP contribution in [0.2, 0.25) is 0 Å². The van der Waals surface area contributed by atoms with Gasteiger partial charge in [0, 0.05) is 12.1 Å². The smallest absolute Gasteiger partial charge is 0.387 e. The van der Waals surface area contributed by atoms with Crippen LogP contribution in [0.4, 0.5) is 18.9 Å². The highest BCUT2D eigenvalue weighted by Crippen LogP contribution is 2.34. The van der Waals surface area contributed by atoms with Crippen molar-refractivity contribution in [2.75, 3.05) is 0 Å². The second-order valence-electron chi connectivity index (χ2n) is 3.45. The van der Waals surface area contributed by atoms with Gasteiger partial charge in [0.2, 0.25) is 0 Å². The first kappa shape index (κ1) is 13.9. The highest BCUT2D eigenvalue weighted by atomic mass is 19.4. The van der Waals surface area contributed by atoms with Gasteiger partial charge in [0.1, 0.15) is 0 Å². The Bertz CT molecular complexity index is 508. The Morgan fingerprint density at radius 2 is 2.06 bits per heavy atom. The molecule has 0 spiro atoms. The second kappa shape index (κ2) is 5.01. The molecule has 8 heteroatoms. The van der Waals surface area contributed by atoms with Gasteiger partial charge in [-0.1, -0.05) is 0 Å². The number of nitriles is 1. The average Bonchev–Trinajstić information content (AvgIpc) is 2.27. The SMILES string of the molecule is N#CCC(O)c1cc([N+](=O)[O-])cc(C(F)(F)F)c1. The van der Waals surface area contributed by atoms with Crippen LogP contribution in [0.25, 0.3) is 0 Å². The van der Waals surface area contributed by atoms with Crippen LogP contribution in [0, 0.1) is 21.4 Å². The van der Waals surface area contributed by atoms with Crippen LogP contribution < -0.4 is 0 Å². The van der Waals surface area contributed by atoms with Crippen molar-refractivity contribution in [3.05, 3.63) is 39.4 Å². The largest absolute Gasteiger partial charge is 0.416 e. The normalized spacial score (nSPS) is 12.8. The van der Waals surface area contributed by atoms with Crippen molar-refractivity contribution in [2.24, 2.45) is 0 Å². The minimum absolute atomic E-state index is 0.307. The molecule has 1 aromatic carbocycles. The van der Waals surface area contributed by atoms with E-state index in [0.29, 0.717) is 12.1 Å². The van der Waals surface area contributed by atoms with Gasteiger partial charge < -0.3 is 5.11 Å². The van der Waals surface area contributed by atoms with Gasteiger partial charge in [0.15, 0.2) is 0 Å². The molecule has 1 aromatic rings. The first-order chi connectivity index (χ1) is 8.25. The Labute approximate surface area is 99.2 Å². The lowest BCUT2D eigenvalue weighted by atomic mass is 10.0. The molecule has 0 aromatic heterocycles. The summed E-state index contributed by atoms with van der Waals surface area (Å²) in [6.07, 6.45) is -6.69. The Morgan fingerprint density at radius 3 is 2.50 bits per heavy atom. The van der Waals surface area contributed by atoms with Gasteiger partial charge in [0.05, 0.1) is 29.1 Å². The Morgan fingerprint density at radius 1 is 1.44 bits per heavy atom. The van der Waals surface area contributed by atoms with Crippen LogP contribution >= 0.6 is 0 Å². The van der Waals surface area contributed by atoms with Crippen LogP contribution in [-0.2, 0) is 6.18 Å². The molecule has 1 rings (SSSR count). The third-order valence-corrected chi connectivity index (χ3v) is 2.15. The molecule has 0 heterocycles. The number of nitrogens with zero attached hydrogens (tertiary/aromatic N) is 2. The van der Waals surface area contributed by atoms with E-state index >= 15 is 0 Å². The third-order valence-electron chi connectivity index (χ3n) is 2.15. The van der Waals surface area contributed by atoms with Crippen LogP contribution in [-0.4, -0.2) is 10.0 Å². The molecule has 0 fully saturated rings. The van der Waals surface area contributed by atoms with Gasteiger partial charge in [-0.2, -0.15) is 18.4 Å². The van der Waals surface area contributed by atoms with Crippen molar-refractivity contribution in [1.29, 1.82) is 5.26 Å². The van der Waals surface area contributed by atoms with Gasteiger partial charge in [-0.25, -0.2) is 0 Å². The van der Waals surface area contributed by atoms with Crippen molar-refractivity contribution < 1.29 is 23.2 Å². The summed E-state index contributed by atoms with van der Waals surface area (Å²) in [7, 11) is 0. The zero-order chi connectivity index (χ0) is 13.9. The maximum Gasteiger partial charge on any atom is 0.416 e. The summed E-state index contributed by atoms with van der Waals surface area (Å²) < 4.78 is 37.5. The summed E-state index contributed by atoms with van der Waals surface area (Å²) in [6.45, 7) is 0. The van der Waals surface area contributed by atoms with Gasteiger partial charge in [-0.15, -0.1) is 0 Å². The van der Waals surface area contributed by atoms with E-state index < -0.39 is 34.9 Å². The minimum Gasteiger partial charge on any atom is -0.387 e. The molecular formula is C10H7F3N2O3. The summed E-state index contributed by atoms with van der Waals surface area (Å²) in [5.41, 5.74) is -2.32. The van der Waals surface area contributed by atoms with Crippen molar-refractivity contribution in [3.63, 3.8) is 0 Å². The Kier molecular flexibility index (Phi) is 3.88. The molecule has 1 unspecified atom stereocenters. The lowest BCUT2D eigenvalue weighted by Crippen LogP contribution is -2.08. The van der Waals surface area contributed by atoms with Crippen LogP contribution in [0.1, 0.15) is 23.7 Å². The van der Waals surface area contributed by atoms with Crippen molar-refractivity contribution in [3.8, 4) is 6.07 Å². The van der Waals surface area contributed by atoms with E-state index in [2.05, 4.69) is 0 Å². The van der Waals surface area contributed by atoms with Crippen molar-refractivity contribution in [1.82, 2.24) is 0 Å². The first-order valence-electron chi connectivity index (χ1n) is 4.67. The fourth-order valence-electron chi connectivity index (χ4n) is 1.30.